The van der Waals surface area contributed by atoms with Gasteiger partial charge in [-0.2, -0.15) is 19.9 Å². The van der Waals surface area contributed by atoms with E-state index in [0.717, 1.165) is 23.5 Å². The number of carbonyl (C=O) groups excluding carboxylic acids is 2. The first-order chi connectivity index (χ1) is 23.8. The van der Waals surface area contributed by atoms with Crippen LogP contribution in [-0.2, 0) is 24.1 Å². The number of unbranched alkanes of at least 4 members (excludes halogenated alkanes) is 4. The van der Waals surface area contributed by atoms with Crippen LogP contribution >= 0.6 is 12.0 Å². The number of carbonyl (C=O) groups is 2. The Morgan fingerprint density at radius 2 is 1.21 bits per heavy atom. The minimum absolute atomic E-state index is 0. The zero-order valence-electron chi connectivity index (χ0n) is 30.1. The SMILES string of the molecule is C.C.CCCC[N+](CCCC)(CCCC)CCCC.CSOOO.N#C[C@@H]1CC[C@H]2CN1C(=O)N2O.N#C[C@@H]1CC[C@H]2CN1C(=O)N2OS(=O)(=O)[O-]. The number of nitriles is 2. The zero-order chi connectivity index (χ0) is 37.7. The Hall–Kier alpha value is -2.46. The maximum Gasteiger partial charge on any atom is 0.346 e. The predicted octanol–water partition coefficient (Wildman–Crippen LogP) is 6.30. The van der Waals surface area contributed by atoms with Crippen molar-refractivity contribution in [2.75, 3.05) is 45.5 Å². The Balaban J connectivity index is 0. The number of fused-ring (bicyclic) bond motifs is 4. The van der Waals surface area contributed by atoms with E-state index in [2.05, 4.69) is 41.4 Å². The van der Waals surface area contributed by atoms with Crippen molar-refractivity contribution in [1.82, 2.24) is 19.9 Å². The van der Waals surface area contributed by atoms with Crippen LogP contribution < -0.4 is 0 Å². The summed E-state index contributed by atoms with van der Waals surface area (Å²) in [4.78, 5) is 25.4. The van der Waals surface area contributed by atoms with Crippen LogP contribution in [0.1, 0.15) is 120 Å². The summed E-state index contributed by atoms with van der Waals surface area (Å²) < 4.78 is 40.5. The van der Waals surface area contributed by atoms with Crippen molar-refractivity contribution >= 4 is 34.5 Å². The summed E-state index contributed by atoms with van der Waals surface area (Å²) >= 11 is 0.929. The van der Waals surface area contributed by atoms with Gasteiger partial charge in [0.15, 0.2) is 0 Å². The lowest BCUT2D eigenvalue weighted by Crippen LogP contribution is -2.50. The molecule has 0 aliphatic carbocycles. The van der Waals surface area contributed by atoms with Gasteiger partial charge in [-0.1, -0.05) is 73.3 Å². The zero-order valence-corrected chi connectivity index (χ0v) is 31.8. The van der Waals surface area contributed by atoms with E-state index in [1.54, 1.807) is 6.26 Å². The Bertz CT molecular complexity index is 1160. The van der Waals surface area contributed by atoms with Gasteiger partial charge in [0, 0.05) is 31.4 Å². The summed E-state index contributed by atoms with van der Waals surface area (Å²) in [7, 11) is -4.96. The van der Waals surface area contributed by atoms with E-state index >= 15 is 0 Å². The predicted molar refractivity (Wildman–Crippen MR) is 196 cm³/mol. The van der Waals surface area contributed by atoms with Crippen LogP contribution in [0.5, 0.6) is 0 Å². The Kier molecular flexibility index (Phi) is 27.0. The molecule has 4 bridgehead atoms. The highest BCUT2D eigenvalue weighted by Gasteiger charge is 2.47. The average molecular weight is 784 g/mol. The second-order valence-corrected chi connectivity index (χ2v) is 14.2. The summed E-state index contributed by atoms with van der Waals surface area (Å²) in [6.07, 6.45) is 15.0. The molecule has 0 aromatic rings. The fourth-order valence-electron chi connectivity index (χ4n) is 6.42. The third-order valence-corrected chi connectivity index (χ3v) is 9.72. The molecular formula is C33H65N7O10S2. The summed E-state index contributed by atoms with van der Waals surface area (Å²) in [5, 5.41) is 38.4. The number of rotatable bonds is 16. The summed E-state index contributed by atoms with van der Waals surface area (Å²) in [6.45, 7) is 15.7. The van der Waals surface area contributed by atoms with Crippen molar-refractivity contribution in [1.29, 1.82) is 10.5 Å². The normalized spacial score (nSPS) is 21.6. The lowest BCUT2D eigenvalue weighted by molar-refractivity contribution is -0.929. The summed E-state index contributed by atoms with van der Waals surface area (Å²) in [5.74, 6) is 0. The smallest absolute Gasteiger partial charge is 0.346 e. The molecule has 4 saturated heterocycles. The van der Waals surface area contributed by atoms with Gasteiger partial charge in [0.25, 0.3) is 0 Å². The van der Waals surface area contributed by atoms with Gasteiger partial charge in [-0.05, 0) is 51.4 Å². The molecule has 2 N–H and O–H groups in total. The Morgan fingerprint density at radius 1 is 0.808 bits per heavy atom. The van der Waals surface area contributed by atoms with Crippen molar-refractivity contribution in [3.8, 4) is 12.1 Å². The molecule has 4 fully saturated rings. The van der Waals surface area contributed by atoms with Crippen LogP contribution in [0.2, 0.25) is 0 Å². The number of quaternary nitrogens is 1. The molecule has 4 heterocycles. The Labute approximate surface area is 316 Å². The minimum Gasteiger partial charge on any atom is -0.724 e. The number of hydrogen-bond acceptors (Lipinski definition) is 13. The fourth-order valence-corrected chi connectivity index (χ4v) is 6.87. The molecule has 4 aliphatic heterocycles. The van der Waals surface area contributed by atoms with E-state index in [9.17, 15) is 27.8 Å². The van der Waals surface area contributed by atoms with Gasteiger partial charge in [0.1, 0.15) is 12.1 Å². The van der Waals surface area contributed by atoms with Crippen LogP contribution in [0.25, 0.3) is 0 Å². The molecule has 0 saturated carbocycles. The molecule has 0 aromatic carbocycles. The van der Waals surface area contributed by atoms with Gasteiger partial charge in [-0.25, -0.2) is 28.3 Å². The molecule has 0 radical (unpaired) electrons. The molecule has 19 heteroatoms. The molecule has 0 aromatic heterocycles. The molecule has 4 atom stereocenters. The quantitative estimate of drug-likeness (QED) is 0.0334. The van der Waals surface area contributed by atoms with Gasteiger partial charge < -0.3 is 18.8 Å². The molecule has 4 aliphatic rings. The third-order valence-electron chi connectivity index (χ3n) is 9.18. The topological polar surface area (TPSA) is 220 Å². The average Bonchev–Trinajstić information content (AvgIpc) is 3.48. The molecule has 17 nitrogen and oxygen atoms in total. The fraction of sp³-hybridized carbons (Fsp3) is 0.879. The van der Waals surface area contributed by atoms with Gasteiger partial charge in [-0.3, -0.25) is 5.21 Å². The van der Waals surface area contributed by atoms with Crippen LogP contribution in [-0.4, -0.2) is 130 Å². The molecular weight excluding hydrogens is 719 g/mol. The first-order valence-electron chi connectivity index (χ1n) is 17.5. The molecule has 0 spiro atoms. The van der Waals surface area contributed by atoms with Crippen molar-refractivity contribution in [2.24, 2.45) is 0 Å². The van der Waals surface area contributed by atoms with Gasteiger partial charge in [0.05, 0.1) is 50.4 Å². The maximum atomic E-state index is 11.6. The van der Waals surface area contributed by atoms with E-state index < -0.39 is 34.5 Å². The number of piperidine rings is 2. The molecule has 52 heavy (non-hydrogen) atoms. The van der Waals surface area contributed by atoms with E-state index in [1.165, 1.54) is 91.8 Å². The molecule has 0 unspecified atom stereocenters. The van der Waals surface area contributed by atoms with Crippen LogP contribution in [0.4, 0.5) is 9.59 Å². The molecule has 4 amide bonds. The third kappa shape index (κ3) is 16.7. The molecule has 304 valence electrons. The number of hydrogen-bond donors (Lipinski definition) is 2. The molecule has 4 rings (SSSR count). The highest BCUT2D eigenvalue weighted by atomic mass is 32.3. The number of urea groups is 2. The highest BCUT2D eigenvalue weighted by molar-refractivity contribution is 7.93. The monoisotopic (exact) mass is 783 g/mol. The second kappa shape index (κ2) is 27.2. The number of hydroxylamine groups is 4. The van der Waals surface area contributed by atoms with Crippen molar-refractivity contribution in [3.63, 3.8) is 0 Å². The van der Waals surface area contributed by atoms with E-state index in [4.69, 9.17) is 15.8 Å². The lowest BCUT2D eigenvalue weighted by Gasteiger charge is -2.39. The van der Waals surface area contributed by atoms with Crippen molar-refractivity contribution in [3.05, 3.63) is 0 Å². The number of amides is 4. The Morgan fingerprint density at radius 3 is 1.56 bits per heavy atom. The largest absolute Gasteiger partial charge is 0.724 e. The van der Waals surface area contributed by atoms with Gasteiger partial charge in [0.2, 0.25) is 10.4 Å². The number of nitrogens with zero attached hydrogens (tertiary/aromatic N) is 7. The van der Waals surface area contributed by atoms with E-state index in [1.807, 2.05) is 12.1 Å². The van der Waals surface area contributed by atoms with Gasteiger partial charge in [-0.15, -0.1) is 4.33 Å². The summed E-state index contributed by atoms with van der Waals surface area (Å²) in [6, 6.07) is 1.34. The first-order valence-corrected chi connectivity index (χ1v) is 20.0. The van der Waals surface area contributed by atoms with E-state index in [0.29, 0.717) is 30.9 Å². The van der Waals surface area contributed by atoms with Crippen molar-refractivity contribution in [2.45, 2.75) is 144 Å². The minimum atomic E-state index is -4.96. The van der Waals surface area contributed by atoms with Gasteiger partial charge >= 0.3 is 12.1 Å². The van der Waals surface area contributed by atoms with Crippen molar-refractivity contribution < 1.29 is 51.2 Å². The van der Waals surface area contributed by atoms with Crippen LogP contribution in [0, 0.1) is 22.7 Å². The first kappa shape index (κ1) is 51.6. The standard InChI is InChI=1S/C16H36N.C7H9N3O5S.C7H9N3O2.CH4O3S.2CH4/c1-5-9-13-17(14-10-6-2,15-11-7-3)16-12-8-4;8-3-5-1-2-6-4-9(5)7(11)10(6)15-16(12,13)14;8-3-5-1-2-6-4-9(5)7(11)10(6)12;1-5-4-3-2;;/h5-16H2,1-4H3;5-6H,1-2,4H2,(H,12,13,14);5-6,12H,1-2,4H2;2H,1H3;2*1H4/q+1;;;;;/p-1/t;2*5-,6-;;;/m.00.../s1. The second-order valence-electron chi connectivity index (χ2n) is 12.7. The van der Waals surface area contributed by atoms with E-state index in [-0.39, 0.29) is 33.5 Å². The lowest BCUT2D eigenvalue weighted by atomic mass is 10.0. The summed E-state index contributed by atoms with van der Waals surface area (Å²) in [5.41, 5.74) is 0. The maximum absolute atomic E-state index is 11.6. The van der Waals surface area contributed by atoms with Crippen LogP contribution in [0.3, 0.4) is 0 Å². The van der Waals surface area contributed by atoms with Crippen LogP contribution in [0.15, 0.2) is 0 Å². The highest BCUT2D eigenvalue weighted by Crippen LogP contribution is 2.30.